The molecule has 2 saturated heterocycles. The minimum Gasteiger partial charge on any atom is -0.490 e. The van der Waals surface area contributed by atoms with E-state index in [1.165, 1.54) is 20.3 Å². The topological polar surface area (TPSA) is 226 Å². The van der Waals surface area contributed by atoms with Crippen molar-refractivity contribution in [3.05, 3.63) is 59.4 Å². The minimum atomic E-state index is -1.97. The van der Waals surface area contributed by atoms with Gasteiger partial charge < -0.3 is 64.4 Å². The number of rotatable bonds is 11. The number of esters is 1. The van der Waals surface area contributed by atoms with Crippen molar-refractivity contribution in [2.75, 3.05) is 14.2 Å². The number of methoxy groups -OCH3 is 2. The lowest BCUT2D eigenvalue weighted by molar-refractivity contribution is -0.338. The molecule has 0 bridgehead atoms. The zero-order valence-electron chi connectivity index (χ0n) is 38.2. The average Bonchev–Trinajstić information content (AvgIpc) is 3.19. The number of carbonyl (C=O) groups is 2. The maximum Gasteiger partial charge on any atom is 0.404 e. The Bertz CT molecular complexity index is 1570. The number of nitrogens with two attached hydrogens (primary N) is 1. The molecule has 3 aliphatic heterocycles. The number of aliphatic hydroxyl groups is 5. The van der Waals surface area contributed by atoms with Gasteiger partial charge in [-0.15, -0.1) is 0 Å². The normalized spacial score (nSPS) is 42.2. The van der Waals surface area contributed by atoms with E-state index in [4.69, 9.17) is 38.9 Å². The molecule has 0 aliphatic carbocycles. The summed E-state index contributed by atoms with van der Waals surface area (Å²) in [6.45, 7) is 18.2. The zero-order chi connectivity index (χ0) is 45.9. The van der Waals surface area contributed by atoms with E-state index in [1.54, 1.807) is 52.0 Å². The molecule has 61 heavy (non-hydrogen) atoms. The molecule has 0 radical (unpaired) electrons. The fourth-order valence-electron chi connectivity index (χ4n) is 8.94. The summed E-state index contributed by atoms with van der Waals surface area (Å²) in [5.41, 5.74) is 6.78. The van der Waals surface area contributed by atoms with Crippen molar-refractivity contribution in [2.45, 2.75) is 168 Å². The molecule has 0 unspecified atom stereocenters. The number of aliphatic hydroxyl groups excluding tert-OH is 4. The van der Waals surface area contributed by atoms with Crippen LogP contribution < -0.4 is 5.73 Å². The van der Waals surface area contributed by atoms with Gasteiger partial charge in [0.05, 0.1) is 49.8 Å². The SMILES string of the molecule is C/C=C/[C@H]1O[C@@](O)([C@@H](C)[C@H](O)[C@H](C)[C@H]2OC(=O)/C(OC)=C/C(C)=C/[C@@H](C)[C@@H](O)[C@@H](CC)[C@@H](O)[C@H](C)C/C(C)=C\C=C\[C@@H]2OC)C[C@@H](O[C@H]2C[C@@H](O)[C@H](OC(N)=O)[C@@H](C)O2)[C@@H]1C. The maximum absolute atomic E-state index is 13.9. The Morgan fingerprint density at radius 2 is 1.77 bits per heavy atom. The molecule has 15 nitrogen and oxygen atoms in total. The third-order valence-corrected chi connectivity index (χ3v) is 12.8. The lowest BCUT2D eigenvalue weighted by Gasteiger charge is -2.49. The lowest BCUT2D eigenvalue weighted by Crippen LogP contribution is -2.59. The first kappa shape index (κ1) is 52.2. The summed E-state index contributed by atoms with van der Waals surface area (Å²) in [4.78, 5) is 25.4. The van der Waals surface area contributed by atoms with E-state index in [2.05, 4.69) is 0 Å². The first-order valence-electron chi connectivity index (χ1n) is 21.7. The number of hydrogen-bond acceptors (Lipinski definition) is 14. The van der Waals surface area contributed by atoms with E-state index in [-0.39, 0.29) is 42.3 Å². The van der Waals surface area contributed by atoms with Gasteiger partial charge in [-0.3, -0.25) is 0 Å². The van der Waals surface area contributed by atoms with Crippen LogP contribution >= 0.6 is 0 Å². The number of carbonyl (C=O) groups excluding carboxylic acids is 2. The van der Waals surface area contributed by atoms with E-state index < -0.39 is 97.0 Å². The molecule has 18 atom stereocenters. The van der Waals surface area contributed by atoms with Crippen LogP contribution in [0.25, 0.3) is 0 Å². The Balaban J connectivity index is 2.00. The van der Waals surface area contributed by atoms with Crippen molar-refractivity contribution in [1.29, 1.82) is 0 Å². The predicted molar refractivity (Wildman–Crippen MR) is 228 cm³/mol. The van der Waals surface area contributed by atoms with Gasteiger partial charge in [-0.25, -0.2) is 9.59 Å². The Hall–Kier alpha value is -3.12. The van der Waals surface area contributed by atoms with Gasteiger partial charge in [-0.2, -0.15) is 0 Å². The molecule has 3 heterocycles. The number of primary amides is 1. The molecule has 3 rings (SSSR count). The zero-order valence-corrected chi connectivity index (χ0v) is 38.2. The molecule has 7 N–H and O–H groups in total. The monoisotopic (exact) mass is 866 g/mol. The summed E-state index contributed by atoms with van der Waals surface area (Å²) in [5, 5.41) is 58.0. The molecule has 0 aromatic heterocycles. The quantitative estimate of drug-likeness (QED) is 0.119. The second-order valence-electron chi connectivity index (χ2n) is 17.5. The van der Waals surface area contributed by atoms with E-state index >= 15 is 0 Å². The van der Waals surface area contributed by atoms with E-state index in [1.807, 2.05) is 53.7 Å². The van der Waals surface area contributed by atoms with E-state index in [9.17, 15) is 35.1 Å². The highest BCUT2D eigenvalue weighted by Gasteiger charge is 2.52. The number of cyclic esters (lactones) is 1. The first-order chi connectivity index (χ1) is 28.6. The third-order valence-electron chi connectivity index (χ3n) is 12.8. The van der Waals surface area contributed by atoms with Gasteiger partial charge in [0, 0.05) is 49.5 Å². The van der Waals surface area contributed by atoms with Crippen LogP contribution in [0, 0.1) is 35.5 Å². The molecule has 0 aromatic rings. The van der Waals surface area contributed by atoms with Gasteiger partial charge in [0.1, 0.15) is 12.2 Å². The highest BCUT2D eigenvalue weighted by molar-refractivity contribution is 5.87. The highest BCUT2D eigenvalue weighted by atomic mass is 16.7. The summed E-state index contributed by atoms with van der Waals surface area (Å²) < 4.78 is 41.4. The summed E-state index contributed by atoms with van der Waals surface area (Å²) in [5.74, 6) is -6.00. The second-order valence-corrected chi connectivity index (χ2v) is 17.5. The number of ether oxygens (including phenoxy) is 7. The molecule has 1 amide bonds. The standard InChI is InChI=1S/C46H75NO14/c1-13-16-34-28(7)37(58-38-22-33(48)43(31(10)57-38)60-45(47)53)23-46(54,61-34)30(9)41(51)29(8)42-35(55-11)18-15-17-24(3)19-26(5)39(49)32(14-2)40(50)27(6)20-25(4)21-36(56-12)44(52)59-42/h13,15-18,20-21,26-35,37-43,48-51,54H,14,19,22-23H2,1-12H3,(H2,47,53)/b16-13+,18-15+,24-17-,25-20+,36-21-/t26-,27-,28-,29+,30+,31-,32+,33-,34-,35+,37-,38+,39+,40-,41-,42-,43-,46-/m1/s1. The largest absolute Gasteiger partial charge is 0.490 e. The van der Waals surface area contributed by atoms with Crippen LogP contribution in [0.4, 0.5) is 4.79 Å². The number of hydrogen-bond donors (Lipinski definition) is 6. The van der Waals surface area contributed by atoms with Crippen molar-refractivity contribution in [1.82, 2.24) is 0 Å². The molecule has 0 spiro atoms. The lowest BCUT2D eigenvalue weighted by atomic mass is 9.77. The second kappa shape index (κ2) is 23.5. The number of amides is 1. The predicted octanol–water partition coefficient (Wildman–Crippen LogP) is 4.98. The van der Waals surface area contributed by atoms with Gasteiger partial charge in [-0.05, 0) is 52.5 Å². The summed E-state index contributed by atoms with van der Waals surface area (Å²) >= 11 is 0. The summed E-state index contributed by atoms with van der Waals surface area (Å²) in [7, 11) is 2.81. The van der Waals surface area contributed by atoms with Gasteiger partial charge in [0.15, 0.2) is 18.2 Å². The summed E-state index contributed by atoms with van der Waals surface area (Å²) in [6.07, 6.45) is 2.20. The number of allylic oxidation sites excluding steroid dienone is 6. The van der Waals surface area contributed by atoms with Gasteiger partial charge in [-0.1, -0.05) is 89.1 Å². The van der Waals surface area contributed by atoms with Gasteiger partial charge in [0.25, 0.3) is 0 Å². The van der Waals surface area contributed by atoms with E-state index in [0.29, 0.717) is 18.4 Å². The fourth-order valence-corrected chi connectivity index (χ4v) is 8.94. The van der Waals surface area contributed by atoms with Crippen LogP contribution in [0.15, 0.2) is 59.4 Å². The maximum atomic E-state index is 13.9. The van der Waals surface area contributed by atoms with Crippen LogP contribution in [0.3, 0.4) is 0 Å². The van der Waals surface area contributed by atoms with Crippen molar-refractivity contribution in [3.63, 3.8) is 0 Å². The molecule has 0 saturated carbocycles. The van der Waals surface area contributed by atoms with Crippen LogP contribution in [-0.4, -0.2) is 125 Å². The fraction of sp³-hybridized carbons (Fsp3) is 0.739. The third kappa shape index (κ3) is 13.7. The Labute approximate surface area is 362 Å². The smallest absolute Gasteiger partial charge is 0.404 e. The van der Waals surface area contributed by atoms with Crippen LogP contribution in [0.5, 0.6) is 0 Å². The van der Waals surface area contributed by atoms with Crippen molar-refractivity contribution < 1.29 is 68.3 Å². The molecule has 15 heteroatoms. The highest BCUT2D eigenvalue weighted by Crippen LogP contribution is 2.42. The van der Waals surface area contributed by atoms with Crippen molar-refractivity contribution in [2.24, 2.45) is 41.2 Å². The molecule has 0 aromatic carbocycles. The van der Waals surface area contributed by atoms with Crippen molar-refractivity contribution in [3.8, 4) is 0 Å². The van der Waals surface area contributed by atoms with Crippen molar-refractivity contribution >= 4 is 12.1 Å². The van der Waals surface area contributed by atoms with Crippen LogP contribution in [-0.2, 0) is 38.0 Å². The molecule has 2 fully saturated rings. The molecule has 348 valence electrons. The Kier molecular flexibility index (Phi) is 20.1. The van der Waals surface area contributed by atoms with Gasteiger partial charge >= 0.3 is 12.1 Å². The van der Waals surface area contributed by atoms with Crippen LogP contribution in [0.2, 0.25) is 0 Å². The Morgan fingerprint density at radius 1 is 1.10 bits per heavy atom. The minimum absolute atomic E-state index is 0.0313. The molecule has 3 aliphatic rings. The summed E-state index contributed by atoms with van der Waals surface area (Å²) in [6, 6.07) is 0. The van der Waals surface area contributed by atoms with Crippen LogP contribution in [0.1, 0.15) is 94.9 Å². The van der Waals surface area contributed by atoms with Gasteiger partial charge in [0.2, 0.25) is 5.76 Å². The Morgan fingerprint density at radius 3 is 2.34 bits per heavy atom. The first-order valence-corrected chi connectivity index (χ1v) is 21.7. The molecular weight excluding hydrogens is 790 g/mol. The molecular formula is C46H75NO14. The van der Waals surface area contributed by atoms with E-state index in [0.717, 1.165) is 5.57 Å². The average molecular weight is 866 g/mol.